The minimum Gasteiger partial charge on any atom is -0.379 e. The summed E-state index contributed by atoms with van der Waals surface area (Å²) in [6.45, 7) is 3.96. The smallest absolute Gasteiger partial charge is 0.222 e. The van der Waals surface area contributed by atoms with E-state index in [9.17, 15) is 14.4 Å². The van der Waals surface area contributed by atoms with Gasteiger partial charge in [0.1, 0.15) is 6.29 Å². The maximum absolute atomic E-state index is 11.6. The van der Waals surface area contributed by atoms with Crippen molar-refractivity contribution in [3.63, 3.8) is 0 Å². The SMILES string of the molecule is CCC(=O)NCCOCCOCCC(=O)NC1CC(C=O)C1. The third-order valence-corrected chi connectivity index (χ3v) is 3.47. The normalized spacial score (nSPS) is 20.0. The first kappa shape index (κ1) is 18.6. The number of hydrogen-bond donors (Lipinski definition) is 2. The van der Waals surface area contributed by atoms with Crippen LogP contribution in [0.2, 0.25) is 0 Å². The summed E-state index contributed by atoms with van der Waals surface area (Å²) in [5.41, 5.74) is 0. The van der Waals surface area contributed by atoms with Gasteiger partial charge in [-0.1, -0.05) is 6.92 Å². The molecule has 1 fully saturated rings. The lowest BCUT2D eigenvalue weighted by molar-refractivity contribution is -0.125. The molecular formula is C15H26N2O5. The largest absolute Gasteiger partial charge is 0.379 e. The number of rotatable bonds is 12. The predicted molar refractivity (Wildman–Crippen MR) is 80.3 cm³/mol. The van der Waals surface area contributed by atoms with E-state index in [-0.39, 0.29) is 23.8 Å². The zero-order chi connectivity index (χ0) is 16.2. The third kappa shape index (κ3) is 8.09. The van der Waals surface area contributed by atoms with Gasteiger partial charge in [-0.25, -0.2) is 0 Å². The predicted octanol–water partition coefficient (Wildman–Crippen LogP) is 0.0296. The molecule has 1 rings (SSSR count). The molecule has 2 amide bonds. The van der Waals surface area contributed by atoms with Crippen molar-refractivity contribution in [2.75, 3.05) is 33.0 Å². The van der Waals surface area contributed by atoms with Gasteiger partial charge in [0.25, 0.3) is 0 Å². The van der Waals surface area contributed by atoms with Crippen LogP contribution in [0, 0.1) is 5.92 Å². The molecule has 7 nitrogen and oxygen atoms in total. The molecule has 1 aliphatic carbocycles. The van der Waals surface area contributed by atoms with Crippen molar-refractivity contribution in [2.45, 2.75) is 38.6 Å². The van der Waals surface area contributed by atoms with Crippen LogP contribution >= 0.6 is 0 Å². The molecule has 0 radical (unpaired) electrons. The fourth-order valence-corrected chi connectivity index (χ4v) is 2.07. The van der Waals surface area contributed by atoms with Gasteiger partial charge in [0.2, 0.25) is 11.8 Å². The number of nitrogens with one attached hydrogen (secondary N) is 2. The summed E-state index contributed by atoms with van der Waals surface area (Å²) < 4.78 is 10.6. The van der Waals surface area contributed by atoms with Crippen LogP contribution in [0.25, 0.3) is 0 Å². The monoisotopic (exact) mass is 314 g/mol. The minimum absolute atomic E-state index is 0.0109. The molecule has 0 aromatic rings. The molecule has 0 saturated heterocycles. The number of carbonyl (C=O) groups is 3. The van der Waals surface area contributed by atoms with Crippen LogP contribution in [-0.4, -0.2) is 57.1 Å². The lowest BCUT2D eigenvalue weighted by atomic mass is 9.81. The fourth-order valence-electron chi connectivity index (χ4n) is 2.07. The van der Waals surface area contributed by atoms with Gasteiger partial charge in [-0.2, -0.15) is 0 Å². The molecule has 0 spiro atoms. The molecule has 0 heterocycles. The number of carbonyl (C=O) groups excluding carboxylic acids is 3. The van der Waals surface area contributed by atoms with E-state index in [2.05, 4.69) is 10.6 Å². The molecule has 7 heteroatoms. The highest BCUT2D eigenvalue weighted by molar-refractivity contribution is 5.76. The van der Waals surface area contributed by atoms with Crippen LogP contribution in [0.15, 0.2) is 0 Å². The molecule has 1 saturated carbocycles. The molecule has 0 unspecified atom stereocenters. The first-order chi connectivity index (χ1) is 10.7. The number of ether oxygens (including phenoxy) is 2. The Bertz CT molecular complexity index is 356. The highest BCUT2D eigenvalue weighted by atomic mass is 16.5. The van der Waals surface area contributed by atoms with Crippen LogP contribution in [0.1, 0.15) is 32.6 Å². The fraction of sp³-hybridized carbons (Fsp3) is 0.800. The van der Waals surface area contributed by atoms with Gasteiger partial charge in [0, 0.05) is 31.3 Å². The molecule has 0 atom stereocenters. The van der Waals surface area contributed by atoms with Gasteiger partial charge in [0.15, 0.2) is 0 Å². The molecular weight excluding hydrogens is 288 g/mol. The zero-order valence-corrected chi connectivity index (χ0v) is 13.1. The van der Waals surface area contributed by atoms with Gasteiger partial charge in [-0.05, 0) is 12.8 Å². The maximum atomic E-state index is 11.6. The molecule has 1 aliphatic rings. The summed E-state index contributed by atoms with van der Waals surface area (Å²) >= 11 is 0. The van der Waals surface area contributed by atoms with Crippen LogP contribution in [-0.2, 0) is 23.9 Å². The molecule has 126 valence electrons. The molecule has 0 bridgehead atoms. The first-order valence-electron chi connectivity index (χ1n) is 7.82. The van der Waals surface area contributed by atoms with E-state index in [1.165, 1.54) is 0 Å². The average molecular weight is 314 g/mol. The van der Waals surface area contributed by atoms with Gasteiger partial charge < -0.3 is 24.9 Å². The standard InChI is InChI=1S/C15H26N2O5/c1-2-14(19)16-4-6-22-8-7-21-5-3-15(20)17-13-9-12(10-13)11-18/h11-13H,2-10H2,1H3,(H,16,19)(H,17,20). The summed E-state index contributed by atoms with van der Waals surface area (Å²) in [5.74, 6) is 0.0788. The highest BCUT2D eigenvalue weighted by Crippen LogP contribution is 2.24. The van der Waals surface area contributed by atoms with E-state index in [4.69, 9.17) is 9.47 Å². The van der Waals surface area contributed by atoms with Crippen molar-refractivity contribution >= 4 is 18.1 Å². The van der Waals surface area contributed by atoms with E-state index in [1.54, 1.807) is 6.92 Å². The second-order valence-corrected chi connectivity index (χ2v) is 5.31. The Morgan fingerprint density at radius 3 is 2.41 bits per heavy atom. The van der Waals surface area contributed by atoms with Gasteiger partial charge in [-0.3, -0.25) is 9.59 Å². The lowest BCUT2D eigenvalue weighted by Gasteiger charge is -2.32. The second kappa shape index (κ2) is 11.1. The van der Waals surface area contributed by atoms with Gasteiger partial charge >= 0.3 is 0 Å². The van der Waals surface area contributed by atoms with Crippen molar-refractivity contribution in [3.05, 3.63) is 0 Å². The van der Waals surface area contributed by atoms with E-state index in [0.717, 1.165) is 19.1 Å². The van der Waals surface area contributed by atoms with Crippen molar-refractivity contribution in [1.82, 2.24) is 10.6 Å². The van der Waals surface area contributed by atoms with Crippen molar-refractivity contribution in [3.8, 4) is 0 Å². The Labute approximate surface area is 131 Å². The summed E-state index contributed by atoms with van der Waals surface area (Å²) in [5, 5.41) is 5.57. The lowest BCUT2D eigenvalue weighted by Crippen LogP contribution is -2.44. The Hall–Kier alpha value is -1.47. The molecule has 2 N–H and O–H groups in total. The summed E-state index contributed by atoms with van der Waals surface area (Å²) in [7, 11) is 0. The van der Waals surface area contributed by atoms with Crippen LogP contribution in [0.4, 0.5) is 0 Å². The van der Waals surface area contributed by atoms with E-state index in [1.807, 2.05) is 0 Å². The van der Waals surface area contributed by atoms with E-state index in [0.29, 0.717) is 45.8 Å². The Balaban J connectivity index is 1.82. The zero-order valence-electron chi connectivity index (χ0n) is 13.1. The number of amides is 2. The number of hydrogen-bond acceptors (Lipinski definition) is 5. The second-order valence-electron chi connectivity index (χ2n) is 5.31. The molecule has 22 heavy (non-hydrogen) atoms. The Morgan fingerprint density at radius 2 is 1.77 bits per heavy atom. The van der Waals surface area contributed by atoms with E-state index < -0.39 is 0 Å². The van der Waals surface area contributed by atoms with Gasteiger partial charge in [-0.15, -0.1) is 0 Å². The number of aldehydes is 1. The van der Waals surface area contributed by atoms with Crippen molar-refractivity contribution < 1.29 is 23.9 Å². The molecule has 0 aliphatic heterocycles. The van der Waals surface area contributed by atoms with Crippen LogP contribution in [0.3, 0.4) is 0 Å². The first-order valence-corrected chi connectivity index (χ1v) is 7.82. The Kier molecular flexibility index (Phi) is 9.41. The highest BCUT2D eigenvalue weighted by Gasteiger charge is 2.29. The van der Waals surface area contributed by atoms with Crippen LogP contribution in [0.5, 0.6) is 0 Å². The maximum Gasteiger partial charge on any atom is 0.222 e. The molecule has 0 aromatic carbocycles. The van der Waals surface area contributed by atoms with Crippen molar-refractivity contribution in [2.24, 2.45) is 5.92 Å². The summed E-state index contributed by atoms with van der Waals surface area (Å²) in [4.78, 5) is 32.9. The molecule has 0 aromatic heterocycles. The van der Waals surface area contributed by atoms with Crippen LogP contribution < -0.4 is 10.6 Å². The summed E-state index contributed by atoms with van der Waals surface area (Å²) in [6, 6.07) is 0.143. The minimum atomic E-state index is -0.0439. The van der Waals surface area contributed by atoms with E-state index >= 15 is 0 Å². The van der Waals surface area contributed by atoms with Crippen molar-refractivity contribution in [1.29, 1.82) is 0 Å². The van der Waals surface area contributed by atoms with Gasteiger partial charge in [0.05, 0.1) is 26.4 Å². The Morgan fingerprint density at radius 1 is 1.09 bits per heavy atom. The topological polar surface area (TPSA) is 93.7 Å². The quantitative estimate of drug-likeness (QED) is 0.391. The third-order valence-electron chi connectivity index (χ3n) is 3.47. The summed E-state index contributed by atoms with van der Waals surface area (Å²) in [6.07, 6.45) is 3.23. The average Bonchev–Trinajstić information content (AvgIpc) is 2.48.